The molecule has 25 heavy (non-hydrogen) atoms. The lowest BCUT2D eigenvalue weighted by Crippen LogP contribution is -2.26. The van der Waals surface area contributed by atoms with Gasteiger partial charge in [-0.05, 0) is 24.3 Å². The standard InChI is InChI=1S/C19H17F3N2O/c1-24(2)17-12-6-3-8-14(17)9-7-13-23-18(25)15-10-4-5-11-16(15)19(20,21)22/h3-6,8,10-12H,13H2,1-2H3,(H,23,25). The molecular formula is C19H17F3N2O. The van der Waals surface area contributed by atoms with E-state index in [1.54, 1.807) is 0 Å². The summed E-state index contributed by atoms with van der Waals surface area (Å²) < 4.78 is 38.8. The van der Waals surface area contributed by atoms with Gasteiger partial charge in [-0.2, -0.15) is 13.2 Å². The molecule has 2 rings (SSSR count). The third-order valence-electron chi connectivity index (χ3n) is 3.42. The highest BCUT2D eigenvalue weighted by atomic mass is 19.4. The molecule has 1 amide bonds. The van der Waals surface area contributed by atoms with Gasteiger partial charge in [-0.25, -0.2) is 0 Å². The Hall–Kier alpha value is -2.94. The van der Waals surface area contributed by atoms with E-state index in [-0.39, 0.29) is 6.54 Å². The van der Waals surface area contributed by atoms with Crippen molar-refractivity contribution in [1.29, 1.82) is 0 Å². The molecule has 0 saturated carbocycles. The molecule has 0 atom stereocenters. The molecule has 3 nitrogen and oxygen atoms in total. The first-order chi connectivity index (χ1) is 11.8. The first-order valence-corrected chi connectivity index (χ1v) is 7.50. The molecule has 0 aliphatic rings. The van der Waals surface area contributed by atoms with E-state index < -0.39 is 23.2 Å². The smallest absolute Gasteiger partial charge is 0.377 e. The van der Waals surface area contributed by atoms with Gasteiger partial charge >= 0.3 is 6.18 Å². The number of hydrogen-bond acceptors (Lipinski definition) is 2. The van der Waals surface area contributed by atoms with Crippen LogP contribution in [0.2, 0.25) is 0 Å². The number of nitrogens with one attached hydrogen (secondary N) is 1. The van der Waals surface area contributed by atoms with Crippen molar-refractivity contribution in [2.24, 2.45) is 0 Å². The summed E-state index contributed by atoms with van der Waals surface area (Å²) in [5.74, 6) is 4.88. The zero-order valence-electron chi connectivity index (χ0n) is 13.8. The maximum absolute atomic E-state index is 12.9. The molecule has 2 aromatic rings. The number of hydrogen-bond donors (Lipinski definition) is 1. The molecule has 130 valence electrons. The molecule has 0 spiro atoms. The second-order valence-electron chi connectivity index (χ2n) is 5.44. The van der Waals surface area contributed by atoms with Gasteiger partial charge in [0.05, 0.1) is 23.4 Å². The molecule has 1 N–H and O–H groups in total. The van der Waals surface area contributed by atoms with Crippen LogP contribution in [0.3, 0.4) is 0 Å². The fourth-order valence-corrected chi connectivity index (χ4v) is 2.26. The van der Waals surface area contributed by atoms with Gasteiger partial charge < -0.3 is 10.2 Å². The summed E-state index contributed by atoms with van der Waals surface area (Å²) in [6, 6.07) is 12.1. The van der Waals surface area contributed by atoms with Crippen LogP contribution >= 0.6 is 0 Å². The number of alkyl halides is 3. The van der Waals surface area contributed by atoms with Crippen LogP contribution in [0.15, 0.2) is 48.5 Å². The van der Waals surface area contributed by atoms with Gasteiger partial charge in [0.25, 0.3) is 5.91 Å². The highest BCUT2D eigenvalue weighted by Gasteiger charge is 2.34. The number of halogens is 3. The quantitative estimate of drug-likeness (QED) is 0.862. The molecule has 0 bridgehead atoms. The molecule has 0 radical (unpaired) electrons. The van der Waals surface area contributed by atoms with Crippen LogP contribution in [0.25, 0.3) is 0 Å². The maximum Gasteiger partial charge on any atom is 0.417 e. The van der Waals surface area contributed by atoms with E-state index in [2.05, 4.69) is 17.2 Å². The lowest BCUT2D eigenvalue weighted by Gasteiger charge is -2.14. The van der Waals surface area contributed by atoms with E-state index in [1.165, 1.54) is 12.1 Å². The predicted octanol–water partition coefficient (Wildman–Crippen LogP) is 3.55. The molecule has 6 heteroatoms. The second-order valence-corrected chi connectivity index (χ2v) is 5.44. The van der Waals surface area contributed by atoms with Crippen LogP contribution in [0.4, 0.5) is 18.9 Å². The third-order valence-corrected chi connectivity index (χ3v) is 3.42. The van der Waals surface area contributed by atoms with E-state index >= 15 is 0 Å². The number of rotatable bonds is 3. The molecule has 0 aliphatic carbocycles. The summed E-state index contributed by atoms with van der Waals surface area (Å²) >= 11 is 0. The SMILES string of the molecule is CN(C)c1ccccc1C#CCNC(=O)c1ccccc1C(F)(F)F. The third kappa shape index (κ3) is 4.77. The van der Waals surface area contributed by atoms with Crippen molar-refractivity contribution >= 4 is 11.6 Å². The number of anilines is 1. The Kier molecular flexibility index (Phi) is 5.71. The monoisotopic (exact) mass is 346 g/mol. The molecular weight excluding hydrogens is 329 g/mol. The largest absolute Gasteiger partial charge is 0.417 e. The highest BCUT2D eigenvalue weighted by Crippen LogP contribution is 2.31. The van der Waals surface area contributed by atoms with Crippen molar-refractivity contribution in [2.45, 2.75) is 6.18 Å². The van der Waals surface area contributed by atoms with Crippen LogP contribution in [0.1, 0.15) is 21.5 Å². The number of amides is 1. The summed E-state index contributed by atoms with van der Waals surface area (Å²) in [5.41, 5.74) is 0.324. The number of para-hydroxylation sites is 1. The van der Waals surface area contributed by atoms with Gasteiger partial charge in [0.2, 0.25) is 0 Å². The van der Waals surface area contributed by atoms with Crippen molar-refractivity contribution in [3.63, 3.8) is 0 Å². The number of benzene rings is 2. The van der Waals surface area contributed by atoms with Gasteiger partial charge in [0.15, 0.2) is 0 Å². The van der Waals surface area contributed by atoms with Gasteiger partial charge in [-0.3, -0.25) is 4.79 Å². The fourth-order valence-electron chi connectivity index (χ4n) is 2.26. The van der Waals surface area contributed by atoms with Crippen LogP contribution in [0.5, 0.6) is 0 Å². The van der Waals surface area contributed by atoms with Crippen molar-refractivity contribution in [2.75, 3.05) is 25.5 Å². The summed E-state index contributed by atoms with van der Waals surface area (Å²) in [6.45, 7) is -0.0488. The Morgan fingerprint density at radius 1 is 1.08 bits per heavy atom. The Morgan fingerprint density at radius 2 is 1.72 bits per heavy atom. The molecule has 0 saturated heterocycles. The van der Waals surface area contributed by atoms with Gasteiger partial charge in [-0.15, -0.1) is 0 Å². The van der Waals surface area contributed by atoms with Crippen molar-refractivity contribution in [3.8, 4) is 11.8 Å². The fraction of sp³-hybridized carbons (Fsp3) is 0.211. The van der Waals surface area contributed by atoms with E-state index in [0.717, 1.165) is 23.4 Å². The summed E-state index contributed by atoms with van der Waals surface area (Å²) in [5, 5.41) is 2.40. The van der Waals surface area contributed by atoms with Gasteiger partial charge in [0, 0.05) is 19.7 Å². The van der Waals surface area contributed by atoms with Crippen molar-refractivity contribution in [3.05, 3.63) is 65.2 Å². The Balaban J connectivity index is 2.09. The zero-order chi connectivity index (χ0) is 18.4. The van der Waals surface area contributed by atoms with Crippen molar-refractivity contribution < 1.29 is 18.0 Å². The Labute approximate surface area is 144 Å². The first-order valence-electron chi connectivity index (χ1n) is 7.50. The number of carbonyl (C=O) groups excluding carboxylic acids is 1. The average molecular weight is 346 g/mol. The second kappa shape index (κ2) is 7.75. The lowest BCUT2D eigenvalue weighted by atomic mass is 10.1. The average Bonchev–Trinajstić information content (AvgIpc) is 2.58. The minimum absolute atomic E-state index is 0.0488. The molecule has 0 heterocycles. The molecule has 0 aliphatic heterocycles. The zero-order valence-corrected chi connectivity index (χ0v) is 13.8. The molecule has 0 fully saturated rings. The topological polar surface area (TPSA) is 32.3 Å². The Bertz CT molecular complexity index is 817. The summed E-state index contributed by atoms with van der Waals surface area (Å²) in [6.07, 6.45) is -4.58. The van der Waals surface area contributed by atoms with E-state index in [4.69, 9.17) is 0 Å². The van der Waals surface area contributed by atoms with Crippen LogP contribution in [0, 0.1) is 11.8 Å². The van der Waals surface area contributed by atoms with E-state index in [9.17, 15) is 18.0 Å². The van der Waals surface area contributed by atoms with Crippen LogP contribution in [-0.4, -0.2) is 26.5 Å². The van der Waals surface area contributed by atoms with Gasteiger partial charge in [-0.1, -0.05) is 36.1 Å². The maximum atomic E-state index is 12.9. The van der Waals surface area contributed by atoms with Crippen LogP contribution < -0.4 is 10.2 Å². The normalized spacial score (nSPS) is 10.6. The lowest BCUT2D eigenvalue weighted by molar-refractivity contribution is -0.137. The minimum Gasteiger partial charge on any atom is -0.377 e. The number of nitrogens with zero attached hydrogens (tertiary/aromatic N) is 1. The van der Waals surface area contributed by atoms with Crippen LogP contribution in [-0.2, 0) is 6.18 Å². The number of carbonyl (C=O) groups is 1. The predicted molar refractivity (Wildman–Crippen MR) is 91.4 cm³/mol. The minimum atomic E-state index is -4.58. The summed E-state index contributed by atoms with van der Waals surface area (Å²) in [7, 11) is 3.77. The molecule has 0 aromatic heterocycles. The molecule has 2 aromatic carbocycles. The van der Waals surface area contributed by atoms with E-state index in [1.807, 2.05) is 43.3 Å². The van der Waals surface area contributed by atoms with Crippen molar-refractivity contribution in [1.82, 2.24) is 5.32 Å². The van der Waals surface area contributed by atoms with E-state index in [0.29, 0.717) is 0 Å². The summed E-state index contributed by atoms with van der Waals surface area (Å²) in [4.78, 5) is 13.9. The van der Waals surface area contributed by atoms with Gasteiger partial charge in [0.1, 0.15) is 0 Å². The highest BCUT2D eigenvalue weighted by molar-refractivity contribution is 5.96. The first kappa shape index (κ1) is 18.4. The molecule has 0 unspecified atom stereocenters. The Morgan fingerprint density at radius 3 is 2.40 bits per heavy atom.